The number of carbonyl (C=O) groups is 1. The van der Waals surface area contributed by atoms with E-state index in [1.165, 1.54) is 4.90 Å². The molecule has 0 bridgehead atoms. The summed E-state index contributed by atoms with van der Waals surface area (Å²) >= 11 is 0. The minimum atomic E-state index is -1.66. The molecule has 1 fully saturated rings. The van der Waals surface area contributed by atoms with Crippen LogP contribution in [-0.4, -0.2) is 65.0 Å². The van der Waals surface area contributed by atoms with Crippen LogP contribution in [0.5, 0.6) is 5.75 Å². The second-order valence-corrected chi connectivity index (χ2v) is 7.03. The average molecular weight is 399 g/mol. The van der Waals surface area contributed by atoms with Crippen LogP contribution in [0.3, 0.4) is 0 Å². The lowest BCUT2D eigenvalue weighted by Crippen LogP contribution is -2.37. The van der Waals surface area contributed by atoms with Crippen LogP contribution in [0.1, 0.15) is 12.0 Å². The van der Waals surface area contributed by atoms with E-state index in [1.807, 2.05) is 0 Å². The third kappa shape index (κ3) is 3.42. The van der Waals surface area contributed by atoms with E-state index >= 15 is 0 Å². The van der Waals surface area contributed by atoms with Crippen LogP contribution < -0.4 is 16.2 Å². The number of aromatic nitrogens is 3. The number of pyridine rings is 1. The molecule has 3 heterocycles. The van der Waals surface area contributed by atoms with Crippen LogP contribution in [0.25, 0.3) is 22.3 Å². The molecule has 2 radical (unpaired) electrons. The molecule has 1 aromatic carbocycles. The van der Waals surface area contributed by atoms with Gasteiger partial charge < -0.3 is 20.5 Å². The summed E-state index contributed by atoms with van der Waals surface area (Å²) in [5.41, 5.74) is 7.17. The molecule has 2 aromatic heterocycles. The summed E-state index contributed by atoms with van der Waals surface area (Å²) in [6.45, 7) is 0.465. The summed E-state index contributed by atoms with van der Waals surface area (Å²) in [6, 6.07) is 8.80. The Labute approximate surface area is 174 Å². The van der Waals surface area contributed by atoms with Crippen molar-refractivity contribution in [3.05, 3.63) is 35.9 Å². The SMILES string of the molecule is [B]c1nc(N)c2nc(-c3cc(C#C[C@]4(O)CCN(C)C4=O)ccc3OC)ccc2n1. The molecule has 1 saturated heterocycles. The van der Waals surface area contributed by atoms with E-state index in [0.29, 0.717) is 40.1 Å². The number of likely N-dealkylation sites (N-methyl/N-ethyl adjacent to an activating group) is 1. The van der Waals surface area contributed by atoms with Crippen LogP contribution in [-0.2, 0) is 4.79 Å². The Hall–Kier alpha value is -3.64. The van der Waals surface area contributed by atoms with E-state index in [9.17, 15) is 9.90 Å². The number of fused-ring (bicyclic) bond motifs is 1. The van der Waals surface area contributed by atoms with Gasteiger partial charge in [0.2, 0.25) is 5.60 Å². The Bertz CT molecular complexity index is 1240. The number of hydrogen-bond donors (Lipinski definition) is 2. The summed E-state index contributed by atoms with van der Waals surface area (Å²) < 4.78 is 5.46. The fraction of sp³-hybridized carbons (Fsp3) is 0.238. The zero-order valence-corrected chi connectivity index (χ0v) is 16.5. The Morgan fingerprint density at radius 2 is 2.07 bits per heavy atom. The lowest BCUT2D eigenvalue weighted by molar-refractivity contribution is -0.137. The van der Waals surface area contributed by atoms with Crippen molar-refractivity contribution in [3.8, 4) is 28.8 Å². The number of nitrogen functional groups attached to an aromatic ring is 1. The van der Waals surface area contributed by atoms with Gasteiger partial charge in [-0.1, -0.05) is 11.8 Å². The van der Waals surface area contributed by atoms with Crippen LogP contribution in [0, 0.1) is 11.8 Å². The molecule has 3 aromatic rings. The highest BCUT2D eigenvalue weighted by molar-refractivity contribution is 6.29. The van der Waals surface area contributed by atoms with E-state index in [4.69, 9.17) is 18.3 Å². The molecule has 3 N–H and O–H groups in total. The van der Waals surface area contributed by atoms with Crippen LogP contribution in [0.2, 0.25) is 0 Å². The number of amides is 1. The van der Waals surface area contributed by atoms with E-state index in [1.54, 1.807) is 44.5 Å². The smallest absolute Gasteiger partial charge is 0.267 e. The molecule has 1 aliphatic rings. The fourth-order valence-electron chi connectivity index (χ4n) is 3.34. The van der Waals surface area contributed by atoms with Crippen molar-refractivity contribution >= 4 is 36.3 Å². The molecule has 0 unspecified atom stereocenters. The standard InChI is InChI=1S/C21H18BN5O3/c1-27-10-9-21(29,19(27)28)8-7-12-3-6-16(30-2)13(11-12)14-4-5-15-17(24-14)18(23)26-20(22)25-15/h3-6,11,29H,9-10H2,1-2H3,(H2,23,25,26)/t21-/m0/s1. The van der Waals surface area contributed by atoms with Gasteiger partial charge in [0, 0.05) is 31.1 Å². The topological polar surface area (TPSA) is 114 Å². The lowest BCUT2D eigenvalue weighted by atomic mass is 10.0. The summed E-state index contributed by atoms with van der Waals surface area (Å²) in [5.74, 6) is 5.98. The highest BCUT2D eigenvalue weighted by Gasteiger charge is 2.42. The van der Waals surface area contributed by atoms with Crippen molar-refractivity contribution in [2.75, 3.05) is 26.4 Å². The van der Waals surface area contributed by atoms with Crippen molar-refractivity contribution < 1.29 is 14.6 Å². The highest BCUT2D eigenvalue weighted by atomic mass is 16.5. The third-order valence-electron chi connectivity index (χ3n) is 4.99. The van der Waals surface area contributed by atoms with Gasteiger partial charge in [-0.3, -0.25) is 4.79 Å². The molecular formula is C21H18BN5O3. The third-order valence-corrected chi connectivity index (χ3v) is 4.99. The van der Waals surface area contributed by atoms with Gasteiger partial charge in [-0.25, -0.2) is 15.0 Å². The number of methoxy groups -OCH3 is 1. The molecule has 9 heteroatoms. The molecule has 1 atom stereocenters. The first-order chi connectivity index (χ1) is 14.3. The first-order valence-corrected chi connectivity index (χ1v) is 9.20. The second kappa shape index (κ2) is 7.32. The maximum atomic E-state index is 12.1. The van der Waals surface area contributed by atoms with Crippen molar-refractivity contribution in [2.24, 2.45) is 0 Å². The first kappa shape index (κ1) is 19.7. The fourth-order valence-corrected chi connectivity index (χ4v) is 3.34. The predicted octanol–water partition coefficient (Wildman–Crippen LogP) is 0.0211. The van der Waals surface area contributed by atoms with Crippen molar-refractivity contribution in [3.63, 3.8) is 0 Å². The van der Waals surface area contributed by atoms with Crippen molar-refractivity contribution in [1.29, 1.82) is 0 Å². The summed E-state index contributed by atoms with van der Waals surface area (Å²) in [4.78, 5) is 26.2. The zero-order valence-electron chi connectivity index (χ0n) is 16.5. The Kier molecular flexibility index (Phi) is 4.80. The van der Waals surface area contributed by atoms with Gasteiger partial charge in [0.1, 0.15) is 11.3 Å². The van der Waals surface area contributed by atoms with Gasteiger partial charge in [0.15, 0.2) is 13.7 Å². The number of rotatable bonds is 2. The van der Waals surface area contributed by atoms with Gasteiger partial charge in [-0.2, -0.15) is 0 Å². The van der Waals surface area contributed by atoms with Gasteiger partial charge in [0.25, 0.3) is 5.91 Å². The Balaban J connectivity index is 1.77. The molecule has 8 nitrogen and oxygen atoms in total. The lowest BCUT2D eigenvalue weighted by Gasteiger charge is -2.13. The summed E-state index contributed by atoms with van der Waals surface area (Å²) in [6.07, 6.45) is 0.271. The van der Waals surface area contributed by atoms with E-state index in [2.05, 4.69) is 26.8 Å². The molecule has 30 heavy (non-hydrogen) atoms. The number of ether oxygens (including phenoxy) is 1. The average Bonchev–Trinajstić information content (AvgIpc) is 2.99. The number of hydrogen-bond acceptors (Lipinski definition) is 7. The van der Waals surface area contributed by atoms with Gasteiger partial charge in [-0.05, 0) is 30.3 Å². The number of carbonyl (C=O) groups excluding carboxylic acids is 1. The van der Waals surface area contributed by atoms with Gasteiger partial charge in [-0.15, -0.1) is 0 Å². The minimum absolute atomic E-state index is 0.0782. The molecule has 1 amide bonds. The van der Waals surface area contributed by atoms with Crippen LogP contribution in [0.4, 0.5) is 5.82 Å². The molecule has 0 aliphatic carbocycles. The maximum Gasteiger partial charge on any atom is 0.267 e. The van der Waals surface area contributed by atoms with Crippen LogP contribution in [0.15, 0.2) is 30.3 Å². The van der Waals surface area contributed by atoms with E-state index < -0.39 is 11.5 Å². The number of anilines is 1. The number of aliphatic hydroxyl groups is 1. The Morgan fingerprint density at radius 3 is 2.77 bits per heavy atom. The zero-order chi connectivity index (χ0) is 21.5. The van der Waals surface area contributed by atoms with Gasteiger partial charge in [0.05, 0.1) is 24.0 Å². The molecule has 1 aliphatic heterocycles. The number of likely N-dealkylation sites (tertiary alicyclic amines) is 1. The normalized spacial score (nSPS) is 18.4. The largest absolute Gasteiger partial charge is 0.496 e. The summed E-state index contributed by atoms with van der Waals surface area (Å²) in [7, 11) is 8.84. The summed E-state index contributed by atoms with van der Waals surface area (Å²) in [5, 5.41) is 10.5. The molecular weight excluding hydrogens is 381 g/mol. The van der Waals surface area contributed by atoms with Crippen molar-refractivity contribution in [2.45, 2.75) is 12.0 Å². The molecule has 4 rings (SSSR count). The molecule has 148 valence electrons. The van der Waals surface area contributed by atoms with E-state index in [-0.39, 0.29) is 18.0 Å². The predicted molar refractivity (Wildman–Crippen MR) is 113 cm³/mol. The quantitative estimate of drug-likeness (QED) is 0.461. The Morgan fingerprint density at radius 1 is 1.27 bits per heavy atom. The minimum Gasteiger partial charge on any atom is -0.496 e. The number of nitrogens with zero attached hydrogens (tertiary/aromatic N) is 4. The van der Waals surface area contributed by atoms with Crippen molar-refractivity contribution in [1.82, 2.24) is 19.9 Å². The molecule has 0 saturated carbocycles. The monoisotopic (exact) mass is 399 g/mol. The maximum absolute atomic E-state index is 12.1. The molecule has 0 spiro atoms. The highest BCUT2D eigenvalue weighted by Crippen LogP contribution is 2.31. The number of benzene rings is 1. The second-order valence-electron chi connectivity index (χ2n) is 7.03. The van der Waals surface area contributed by atoms with Gasteiger partial charge >= 0.3 is 0 Å². The number of nitrogens with two attached hydrogens (primary N) is 1. The first-order valence-electron chi connectivity index (χ1n) is 9.20. The van der Waals surface area contributed by atoms with Crippen LogP contribution >= 0.6 is 0 Å². The van der Waals surface area contributed by atoms with E-state index in [0.717, 1.165) is 0 Å².